The molecule has 1 atom stereocenters. The molecule has 0 aromatic carbocycles. The Kier molecular flexibility index (Phi) is 4.38. The van der Waals surface area contributed by atoms with Crippen LogP contribution in [0, 0.1) is 0 Å². The number of thioether (sulfide) groups is 1. The van der Waals surface area contributed by atoms with Gasteiger partial charge < -0.3 is 9.88 Å². The highest BCUT2D eigenvalue weighted by molar-refractivity contribution is 8.00. The Morgan fingerprint density at radius 3 is 3.05 bits per heavy atom. The maximum absolute atomic E-state index is 12.7. The second-order valence-corrected chi connectivity index (χ2v) is 7.12. The van der Waals surface area contributed by atoms with Crippen molar-refractivity contribution in [3.05, 3.63) is 33.2 Å². The van der Waals surface area contributed by atoms with Crippen molar-refractivity contribution in [1.29, 1.82) is 0 Å². The first kappa shape index (κ1) is 14.7. The molecule has 0 spiro atoms. The van der Waals surface area contributed by atoms with E-state index in [2.05, 4.69) is 11.9 Å². The van der Waals surface area contributed by atoms with Crippen molar-refractivity contribution in [2.75, 3.05) is 12.3 Å². The molecule has 0 unspecified atom stereocenters. The Balaban J connectivity index is 1.89. The van der Waals surface area contributed by atoms with Crippen LogP contribution < -0.4 is 5.56 Å². The lowest BCUT2D eigenvalue weighted by Gasteiger charge is -2.24. The van der Waals surface area contributed by atoms with E-state index in [1.54, 1.807) is 0 Å². The summed E-state index contributed by atoms with van der Waals surface area (Å²) in [5, 5.41) is 0.234. The predicted molar refractivity (Wildman–Crippen MR) is 85.9 cm³/mol. The number of rotatable bonds is 3. The van der Waals surface area contributed by atoms with Crippen molar-refractivity contribution in [3.8, 4) is 0 Å². The molecule has 3 rings (SSSR count). The number of carbonyl (C=O) groups excluding carboxylic acids is 1. The number of hydrogen-bond donors (Lipinski definition) is 1. The van der Waals surface area contributed by atoms with E-state index in [-0.39, 0.29) is 16.8 Å². The molecule has 1 saturated heterocycles. The Labute approximate surface area is 129 Å². The van der Waals surface area contributed by atoms with Crippen LogP contribution in [0.4, 0.5) is 0 Å². The van der Waals surface area contributed by atoms with Gasteiger partial charge in [-0.1, -0.05) is 13.3 Å². The average Bonchev–Trinajstić information content (AvgIpc) is 2.94. The topological polar surface area (TPSA) is 53.2 Å². The molecule has 1 amide bonds. The summed E-state index contributed by atoms with van der Waals surface area (Å²) in [6.45, 7) is 2.89. The number of nitrogens with one attached hydrogen (secondary N) is 1. The van der Waals surface area contributed by atoms with Crippen molar-refractivity contribution >= 4 is 17.7 Å². The minimum Gasteiger partial charge on any atom is -0.326 e. The summed E-state index contributed by atoms with van der Waals surface area (Å²) in [6, 6.07) is 1.85. The maximum Gasteiger partial charge on any atom is 0.261 e. The van der Waals surface area contributed by atoms with E-state index >= 15 is 0 Å². The maximum atomic E-state index is 12.7. The molecule has 4 nitrogen and oxygen atoms in total. The first-order valence-corrected chi connectivity index (χ1v) is 8.93. The lowest BCUT2D eigenvalue weighted by Crippen LogP contribution is -2.38. The van der Waals surface area contributed by atoms with E-state index in [9.17, 15) is 9.59 Å². The van der Waals surface area contributed by atoms with Gasteiger partial charge in [-0.2, -0.15) is 0 Å². The molecule has 2 aliphatic rings. The summed E-state index contributed by atoms with van der Waals surface area (Å²) in [6.07, 6.45) is 6.22. The zero-order chi connectivity index (χ0) is 14.8. The zero-order valence-corrected chi connectivity index (χ0v) is 13.3. The highest BCUT2D eigenvalue weighted by Gasteiger charge is 2.31. The molecule has 1 N–H and O–H groups in total. The second kappa shape index (κ2) is 6.26. The van der Waals surface area contributed by atoms with Gasteiger partial charge in [-0.05, 0) is 43.7 Å². The average molecular weight is 306 g/mol. The normalized spacial score (nSPS) is 21.4. The first-order chi connectivity index (χ1) is 10.2. The van der Waals surface area contributed by atoms with Crippen LogP contribution in [0.25, 0.3) is 0 Å². The fourth-order valence-corrected chi connectivity index (χ4v) is 4.59. The third-order valence-electron chi connectivity index (χ3n) is 4.36. The molecule has 1 aliphatic carbocycles. The third kappa shape index (κ3) is 2.89. The van der Waals surface area contributed by atoms with Gasteiger partial charge in [0.25, 0.3) is 11.5 Å². The number of carbonyl (C=O) groups is 1. The number of aryl methyl sites for hydroxylation is 2. The van der Waals surface area contributed by atoms with E-state index < -0.39 is 0 Å². The van der Waals surface area contributed by atoms with Gasteiger partial charge in [-0.3, -0.25) is 9.59 Å². The van der Waals surface area contributed by atoms with Gasteiger partial charge in [0.2, 0.25) is 0 Å². The van der Waals surface area contributed by atoms with Crippen LogP contribution in [-0.2, 0) is 12.8 Å². The third-order valence-corrected chi connectivity index (χ3v) is 5.65. The van der Waals surface area contributed by atoms with Crippen LogP contribution in [0.2, 0.25) is 0 Å². The molecular formula is C16H22N2O2S. The van der Waals surface area contributed by atoms with Crippen LogP contribution in [0.1, 0.15) is 54.2 Å². The van der Waals surface area contributed by atoms with E-state index in [0.29, 0.717) is 5.56 Å². The van der Waals surface area contributed by atoms with Gasteiger partial charge in [0.15, 0.2) is 0 Å². The number of pyridine rings is 1. The number of fused-ring (bicyclic) bond motifs is 1. The Morgan fingerprint density at radius 1 is 1.43 bits per heavy atom. The van der Waals surface area contributed by atoms with Crippen LogP contribution in [0.15, 0.2) is 10.9 Å². The lowest BCUT2D eigenvalue weighted by molar-refractivity contribution is 0.0754. The smallest absolute Gasteiger partial charge is 0.261 e. The molecule has 0 bridgehead atoms. The number of aromatic amines is 1. The van der Waals surface area contributed by atoms with Crippen molar-refractivity contribution in [3.63, 3.8) is 0 Å². The number of H-pyrrole nitrogens is 1. The number of aromatic nitrogens is 1. The van der Waals surface area contributed by atoms with Crippen molar-refractivity contribution in [1.82, 2.24) is 9.88 Å². The largest absolute Gasteiger partial charge is 0.326 e. The summed E-state index contributed by atoms with van der Waals surface area (Å²) in [5.74, 6) is 0.882. The van der Waals surface area contributed by atoms with Crippen molar-refractivity contribution < 1.29 is 4.79 Å². The molecule has 1 aromatic rings. The lowest BCUT2D eigenvalue weighted by atomic mass is 9.95. The van der Waals surface area contributed by atoms with Crippen LogP contribution in [0.5, 0.6) is 0 Å². The molecule has 1 fully saturated rings. The second-order valence-electron chi connectivity index (χ2n) is 5.84. The fourth-order valence-electron chi connectivity index (χ4n) is 3.23. The Bertz CT molecular complexity index is 596. The van der Waals surface area contributed by atoms with Gasteiger partial charge in [0.1, 0.15) is 5.56 Å². The van der Waals surface area contributed by atoms with Crippen molar-refractivity contribution in [2.45, 2.75) is 50.8 Å². The summed E-state index contributed by atoms with van der Waals surface area (Å²) < 4.78 is 0. The van der Waals surface area contributed by atoms with E-state index in [4.69, 9.17) is 0 Å². The zero-order valence-electron chi connectivity index (χ0n) is 12.5. The summed E-state index contributed by atoms with van der Waals surface area (Å²) in [7, 11) is 0. The summed E-state index contributed by atoms with van der Waals surface area (Å²) in [5.41, 5.74) is 2.30. The molecule has 1 aromatic heterocycles. The van der Waals surface area contributed by atoms with E-state index in [1.165, 1.54) is 0 Å². The predicted octanol–water partition coefficient (Wildman–Crippen LogP) is 2.57. The molecule has 21 heavy (non-hydrogen) atoms. The number of nitrogens with zero attached hydrogens (tertiary/aromatic N) is 1. The monoisotopic (exact) mass is 306 g/mol. The highest BCUT2D eigenvalue weighted by Crippen LogP contribution is 2.29. The van der Waals surface area contributed by atoms with Gasteiger partial charge >= 0.3 is 0 Å². The molecule has 2 heterocycles. The number of amides is 1. The Hall–Kier alpha value is -1.23. The summed E-state index contributed by atoms with van der Waals surface area (Å²) in [4.78, 5) is 29.8. The molecule has 114 valence electrons. The standard InChI is InChI=1S/C16H22N2O2S/c1-2-5-14-18(8-9-21-14)16(20)12-10-11-6-3-4-7-13(11)17-15(12)19/h10,14H,2-9H2,1H3,(H,17,19)/t14-/m1/s1. The number of hydrogen-bond acceptors (Lipinski definition) is 3. The summed E-state index contributed by atoms with van der Waals surface area (Å²) >= 11 is 1.83. The van der Waals surface area contributed by atoms with E-state index in [0.717, 1.165) is 62.1 Å². The minimum absolute atomic E-state index is 0.0897. The molecule has 0 radical (unpaired) electrons. The SMILES string of the molecule is CCC[C@H]1SCCN1C(=O)c1cc2c([nH]c1=O)CCCC2. The van der Waals surface area contributed by atoms with Crippen LogP contribution in [0.3, 0.4) is 0 Å². The fraction of sp³-hybridized carbons (Fsp3) is 0.625. The van der Waals surface area contributed by atoms with Crippen LogP contribution in [-0.4, -0.2) is 33.5 Å². The van der Waals surface area contributed by atoms with Crippen LogP contribution >= 0.6 is 11.8 Å². The van der Waals surface area contributed by atoms with Crippen molar-refractivity contribution in [2.24, 2.45) is 0 Å². The minimum atomic E-state index is -0.215. The van der Waals surface area contributed by atoms with Gasteiger partial charge in [0, 0.05) is 18.0 Å². The van der Waals surface area contributed by atoms with Gasteiger partial charge in [-0.15, -0.1) is 11.8 Å². The van der Waals surface area contributed by atoms with E-state index in [1.807, 2.05) is 22.7 Å². The van der Waals surface area contributed by atoms with Gasteiger partial charge in [-0.25, -0.2) is 0 Å². The molecule has 5 heteroatoms. The molecular weight excluding hydrogens is 284 g/mol. The first-order valence-electron chi connectivity index (χ1n) is 7.88. The van der Waals surface area contributed by atoms with Gasteiger partial charge in [0.05, 0.1) is 5.37 Å². The quantitative estimate of drug-likeness (QED) is 0.934. The molecule has 0 saturated carbocycles. The highest BCUT2D eigenvalue weighted by atomic mass is 32.2. The molecule has 1 aliphatic heterocycles. The Morgan fingerprint density at radius 2 is 2.24 bits per heavy atom.